The van der Waals surface area contributed by atoms with Gasteiger partial charge in [-0.1, -0.05) is 6.07 Å². The Morgan fingerprint density at radius 3 is 2.65 bits per heavy atom. The Morgan fingerprint density at radius 2 is 1.92 bits per heavy atom. The van der Waals surface area contributed by atoms with Gasteiger partial charge in [0.25, 0.3) is 5.91 Å². The van der Waals surface area contributed by atoms with Crippen LogP contribution in [0.25, 0.3) is 0 Å². The average molecular weight is 363 g/mol. The average Bonchev–Trinajstić information content (AvgIpc) is 2.64. The molecule has 26 heavy (non-hydrogen) atoms. The highest BCUT2D eigenvalue weighted by molar-refractivity contribution is 5.85. The molecule has 1 atom stereocenters. The lowest BCUT2D eigenvalue weighted by atomic mass is 9.93. The first-order valence-electron chi connectivity index (χ1n) is 8.49. The van der Waals surface area contributed by atoms with Crippen LogP contribution in [0, 0.1) is 11.6 Å². The minimum absolute atomic E-state index is 0.0752. The third kappa shape index (κ3) is 4.40. The number of nitrogens with one attached hydrogen (secondary N) is 1. The Kier molecular flexibility index (Phi) is 5.56. The standard InChI is InChI=1S/C19H20F3N3O/c20-16-3-2-15(10-17(16)21)12-25-9-1-6-19(22,13-25)18(26)24-11-14-4-7-23-8-5-14/h2-5,7-8,10H,1,6,9,11-13H2,(H,24,26). The number of hydrogen-bond donors (Lipinski definition) is 1. The van der Waals surface area contributed by atoms with Crippen molar-refractivity contribution in [2.75, 3.05) is 13.1 Å². The highest BCUT2D eigenvalue weighted by atomic mass is 19.2. The Balaban J connectivity index is 1.60. The van der Waals surface area contributed by atoms with Crippen LogP contribution >= 0.6 is 0 Å². The highest BCUT2D eigenvalue weighted by Gasteiger charge is 2.42. The van der Waals surface area contributed by atoms with Crippen molar-refractivity contribution >= 4 is 5.91 Å². The Labute approximate surface area is 150 Å². The van der Waals surface area contributed by atoms with Crippen LogP contribution in [0.5, 0.6) is 0 Å². The summed E-state index contributed by atoms with van der Waals surface area (Å²) in [5.41, 5.74) is -0.610. The fourth-order valence-corrected chi connectivity index (χ4v) is 3.15. The van der Waals surface area contributed by atoms with Crippen LogP contribution < -0.4 is 5.32 Å². The molecule has 0 aliphatic carbocycles. The summed E-state index contributed by atoms with van der Waals surface area (Å²) in [6.07, 6.45) is 3.88. The molecule has 1 aromatic carbocycles. The van der Waals surface area contributed by atoms with Gasteiger partial charge in [-0.25, -0.2) is 13.2 Å². The molecule has 4 nitrogen and oxygen atoms in total. The van der Waals surface area contributed by atoms with E-state index in [1.807, 2.05) is 0 Å². The third-order valence-electron chi connectivity index (χ3n) is 4.52. The van der Waals surface area contributed by atoms with E-state index < -0.39 is 23.2 Å². The Hall–Kier alpha value is -2.41. The van der Waals surface area contributed by atoms with Crippen LogP contribution in [0.3, 0.4) is 0 Å². The molecular weight excluding hydrogens is 343 g/mol. The summed E-state index contributed by atoms with van der Waals surface area (Å²) in [4.78, 5) is 18.0. The van der Waals surface area contributed by atoms with Gasteiger partial charge in [0, 0.05) is 32.0 Å². The number of piperidine rings is 1. The van der Waals surface area contributed by atoms with Gasteiger partial charge in [-0.2, -0.15) is 0 Å². The van der Waals surface area contributed by atoms with E-state index in [0.717, 1.165) is 17.7 Å². The number of benzene rings is 1. The number of rotatable bonds is 5. The topological polar surface area (TPSA) is 45.2 Å². The molecule has 1 aromatic heterocycles. The number of pyridine rings is 1. The quantitative estimate of drug-likeness (QED) is 0.888. The van der Waals surface area contributed by atoms with Crippen LogP contribution in [0.2, 0.25) is 0 Å². The van der Waals surface area contributed by atoms with Gasteiger partial charge in [0.1, 0.15) is 0 Å². The van der Waals surface area contributed by atoms with Crippen LogP contribution in [-0.2, 0) is 17.9 Å². The van der Waals surface area contributed by atoms with E-state index in [4.69, 9.17) is 0 Å². The molecule has 1 saturated heterocycles. The van der Waals surface area contributed by atoms with E-state index in [1.54, 1.807) is 29.4 Å². The summed E-state index contributed by atoms with van der Waals surface area (Å²) in [5, 5.41) is 2.63. The second-order valence-corrected chi connectivity index (χ2v) is 6.57. The van der Waals surface area contributed by atoms with Crippen molar-refractivity contribution in [2.24, 2.45) is 0 Å². The molecule has 0 radical (unpaired) electrons. The maximum atomic E-state index is 15.2. The number of aromatic nitrogens is 1. The van der Waals surface area contributed by atoms with Crippen molar-refractivity contribution in [3.05, 3.63) is 65.5 Å². The summed E-state index contributed by atoms with van der Waals surface area (Å²) in [7, 11) is 0. The molecule has 1 amide bonds. The predicted molar refractivity (Wildman–Crippen MR) is 90.8 cm³/mol. The summed E-state index contributed by atoms with van der Waals surface area (Å²) >= 11 is 0. The molecule has 138 valence electrons. The number of halogens is 3. The van der Waals surface area contributed by atoms with Gasteiger partial charge >= 0.3 is 0 Å². The van der Waals surface area contributed by atoms with Gasteiger partial charge in [-0.3, -0.25) is 14.7 Å². The lowest BCUT2D eigenvalue weighted by Crippen LogP contribution is -2.53. The molecule has 0 bridgehead atoms. The monoisotopic (exact) mass is 363 g/mol. The molecule has 7 heteroatoms. The van der Waals surface area contributed by atoms with Crippen LogP contribution in [0.1, 0.15) is 24.0 Å². The number of likely N-dealkylation sites (tertiary alicyclic amines) is 1. The summed E-state index contributed by atoms with van der Waals surface area (Å²) in [5.74, 6) is -2.49. The molecule has 2 aromatic rings. The van der Waals surface area contributed by atoms with Crippen LogP contribution in [0.15, 0.2) is 42.7 Å². The molecule has 1 aliphatic heterocycles. The number of carbonyl (C=O) groups is 1. The minimum Gasteiger partial charge on any atom is -0.349 e. The first kappa shape index (κ1) is 18.4. The minimum atomic E-state index is -2.00. The van der Waals surface area contributed by atoms with E-state index in [2.05, 4.69) is 10.3 Å². The normalized spacial score (nSPS) is 20.7. The smallest absolute Gasteiger partial charge is 0.259 e. The van der Waals surface area contributed by atoms with E-state index >= 15 is 4.39 Å². The molecule has 3 rings (SSSR count). The maximum absolute atomic E-state index is 15.2. The van der Waals surface area contributed by atoms with Gasteiger partial charge in [0.15, 0.2) is 11.6 Å². The van der Waals surface area contributed by atoms with Crippen molar-refractivity contribution in [2.45, 2.75) is 31.6 Å². The summed E-state index contributed by atoms with van der Waals surface area (Å²) < 4.78 is 41.5. The van der Waals surface area contributed by atoms with Crippen molar-refractivity contribution in [3.8, 4) is 0 Å². The first-order chi connectivity index (χ1) is 12.5. The largest absolute Gasteiger partial charge is 0.349 e. The van der Waals surface area contributed by atoms with E-state index in [0.29, 0.717) is 18.5 Å². The molecule has 1 N–H and O–H groups in total. The van der Waals surface area contributed by atoms with Crippen molar-refractivity contribution < 1.29 is 18.0 Å². The molecule has 0 spiro atoms. The predicted octanol–water partition coefficient (Wildman–Crippen LogP) is 2.98. The van der Waals surface area contributed by atoms with Crippen LogP contribution in [-0.4, -0.2) is 34.5 Å². The fourth-order valence-electron chi connectivity index (χ4n) is 3.15. The molecular formula is C19H20F3N3O. The lowest BCUT2D eigenvalue weighted by Gasteiger charge is -2.36. The second kappa shape index (κ2) is 7.86. The third-order valence-corrected chi connectivity index (χ3v) is 4.52. The molecule has 1 aliphatic rings. The zero-order valence-electron chi connectivity index (χ0n) is 14.2. The van der Waals surface area contributed by atoms with E-state index in [-0.39, 0.29) is 26.1 Å². The van der Waals surface area contributed by atoms with Crippen LogP contribution in [0.4, 0.5) is 13.2 Å². The SMILES string of the molecule is O=C(NCc1ccncc1)C1(F)CCCN(Cc2ccc(F)c(F)c2)C1. The van der Waals surface area contributed by atoms with Gasteiger partial charge in [0.05, 0.1) is 0 Å². The zero-order valence-corrected chi connectivity index (χ0v) is 14.2. The van der Waals surface area contributed by atoms with Crippen molar-refractivity contribution in [3.63, 3.8) is 0 Å². The maximum Gasteiger partial charge on any atom is 0.259 e. The number of hydrogen-bond acceptors (Lipinski definition) is 3. The molecule has 2 heterocycles. The van der Waals surface area contributed by atoms with E-state index in [9.17, 15) is 13.6 Å². The molecule has 1 fully saturated rings. The lowest BCUT2D eigenvalue weighted by molar-refractivity contribution is -0.137. The van der Waals surface area contributed by atoms with Gasteiger partial charge in [-0.15, -0.1) is 0 Å². The highest BCUT2D eigenvalue weighted by Crippen LogP contribution is 2.27. The fraction of sp³-hybridized carbons (Fsp3) is 0.368. The van der Waals surface area contributed by atoms with Gasteiger partial charge in [0.2, 0.25) is 5.67 Å². The van der Waals surface area contributed by atoms with Crippen molar-refractivity contribution in [1.29, 1.82) is 0 Å². The second-order valence-electron chi connectivity index (χ2n) is 6.57. The van der Waals surface area contributed by atoms with Gasteiger partial charge < -0.3 is 5.32 Å². The molecule has 1 unspecified atom stereocenters. The number of nitrogens with zero attached hydrogens (tertiary/aromatic N) is 2. The summed E-state index contributed by atoms with van der Waals surface area (Å²) in [6.45, 7) is 1.02. The van der Waals surface area contributed by atoms with Crippen molar-refractivity contribution in [1.82, 2.24) is 15.2 Å². The zero-order chi connectivity index (χ0) is 18.6. The first-order valence-corrected chi connectivity index (χ1v) is 8.49. The number of amides is 1. The van der Waals surface area contributed by atoms with E-state index in [1.165, 1.54) is 6.07 Å². The summed E-state index contributed by atoms with van der Waals surface area (Å²) in [6, 6.07) is 7.13. The Bertz CT molecular complexity index is 772. The number of carbonyl (C=O) groups excluding carboxylic acids is 1. The Morgan fingerprint density at radius 1 is 1.15 bits per heavy atom. The number of alkyl halides is 1. The molecule has 0 saturated carbocycles. The van der Waals surface area contributed by atoms with Gasteiger partial charge in [-0.05, 0) is 54.8 Å².